The Morgan fingerprint density at radius 2 is 2.00 bits per heavy atom. The molecule has 1 aliphatic rings. The van der Waals surface area contributed by atoms with Crippen LogP contribution in [0.4, 0.5) is 5.95 Å². The molecule has 1 fully saturated rings. The van der Waals surface area contributed by atoms with Gasteiger partial charge in [-0.25, -0.2) is 4.98 Å². The molecule has 0 aliphatic carbocycles. The van der Waals surface area contributed by atoms with Gasteiger partial charge in [0.05, 0.1) is 11.4 Å². The lowest BCUT2D eigenvalue weighted by molar-refractivity contribution is 0.477. The van der Waals surface area contributed by atoms with Crippen LogP contribution in [0.2, 0.25) is 0 Å². The highest BCUT2D eigenvalue weighted by atomic mass is 15.3. The van der Waals surface area contributed by atoms with Crippen LogP contribution in [0, 0.1) is 0 Å². The van der Waals surface area contributed by atoms with E-state index in [1.807, 2.05) is 0 Å². The fourth-order valence-corrected chi connectivity index (χ4v) is 2.18. The molecule has 1 aromatic heterocycles. The maximum absolute atomic E-state index is 4.64. The third-order valence-corrected chi connectivity index (χ3v) is 3.15. The molecule has 94 valence electrons. The van der Waals surface area contributed by atoms with Gasteiger partial charge in [0, 0.05) is 25.7 Å². The van der Waals surface area contributed by atoms with Crippen LogP contribution in [-0.2, 0) is 12.8 Å². The summed E-state index contributed by atoms with van der Waals surface area (Å²) in [6, 6.07) is 0.489. The number of aryl methyl sites for hydroxylation is 2. The highest BCUT2D eigenvalue weighted by Gasteiger charge is 2.19. The summed E-state index contributed by atoms with van der Waals surface area (Å²) in [5.41, 5.74) is 2.11. The molecule has 1 saturated heterocycles. The van der Waals surface area contributed by atoms with Crippen molar-refractivity contribution in [3.8, 4) is 0 Å². The molecule has 0 aromatic carbocycles. The third kappa shape index (κ3) is 2.72. The van der Waals surface area contributed by atoms with E-state index in [0.717, 1.165) is 49.8 Å². The third-order valence-electron chi connectivity index (χ3n) is 3.15. The Balaban J connectivity index is 2.20. The first kappa shape index (κ1) is 12.2. The molecular formula is C12H21N5. The summed E-state index contributed by atoms with van der Waals surface area (Å²) in [6.45, 7) is 9.30. The van der Waals surface area contributed by atoms with Crippen molar-refractivity contribution in [2.45, 2.75) is 39.7 Å². The number of aromatic nitrogens is 3. The minimum absolute atomic E-state index is 0.489. The fourth-order valence-electron chi connectivity index (χ4n) is 2.18. The van der Waals surface area contributed by atoms with E-state index in [4.69, 9.17) is 0 Å². The lowest BCUT2D eigenvalue weighted by Crippen LogP contribution is -2.50. The van der Waals surface area contributed by atoms with E-state index in [1.54, 1.807) is 0 Å². The number of nitrogens with one attached hydrogen (secondary N) is 1. The van der Waals surface area contributed by atoms with Crippen LogP contribution in [0.3, 0.4) is 0 Å². The van der Waals surface area contributed by atoms with Gasteiger partial charge in [0.25, 0.3) is 0 Å². The Bertz CT molecular complexity index is 379. The molecule has 0 radical (unpaired) electrons. The van der Waals surface area contributed by atoms with E-state index in [1.165, 1.54) is 0 Å². The zero-order valence-electron chi connectivity index (χ0n) is 10.9. The lowest BCUT2D eigenvalue weighted by atomic mass is 10.2. The Hall–Kier alpha value is -1.23. The van der Waals surface area contributed by atoms with Crippen molar-refractivity contribution >= 4 is 5.95 Å². The fraction of sp³-hybridized carbons (Fsp3) is 0.750. The van der Waals surface area contributed by atoms with E-state index in [-0.39, 0.29) is 0 Å². The van der Waals surface area contributed by atoms with Crippen LogP contribution in [0.25, 0.3) is 0 Å². The summed E-state index contributed by atoms with van der Waals surface area (Å²) in [5, 5.41) is 12.0. The second kappa shape index (κ2) is 5.40. The number of hydrogen-bond acceptors (Lipinski definition) is 5. The maximum Gasteiger partial charge on any atom is 0.245 e. The first-order valence-corrected chi connectivity index (χ1v) is 6.45. The van der Waals surface area contributed by atoms with Crippen LogP contribution >= 0.6 is 0 Å². The van der Waals surface area contributed by atoms with E-state index in [9.17, 15) is 0 Å². The summed E-state index contributed by atoms with van der Waals surface area (Å²) in [7, 11) is 0. The second-order valence-corrected chi connectivity index (χ2v) is 4.51. The average molecular weight is 235 g/mol. The molecule has 17 heavy (non-hydrogen) atoms. The molecule has 0 saturated carbocycles. The SMILES string of the molecule is CCc1nnc(N2CCNC(C)C2)nc1CC. The largest absolute Gasteiger partial charge is 0.337 e. The minimum Gasteiger partial charge on any atom is -0.337 e. The second-order valence-electron chi connectivity index (χ2n) is 4.51. The van der Waals surface area contributed by atoms with Crippen molar-refractivity contribution in [3.05, 3.63) is 11.4 Å². The molecule has 0 amide bonds. The van der Waals surface area contributed by atoms with E-state index < -0.39 is 0 Å². The number of anilines is 1. The molecule has 2 rings (SSSR count). The summed E-state index contributed by atoms with van der Waals surface area (Å²) in [4.78, 5) is 6.86. The number of piperazine rings is 1. The van der Waals surface area contributed by atoms with Gasteiger partial charge in [0.1, 0.15) is 0 Å². The van der Waals surface area contributed by atoms with Gasteiger partial charge in [-0.1, -0.05) is 13.8 Å². The topological polar surface area (TPSA) is 53.9 Å². The van der Waals surface area contributed by atoms with E-state index >= 15 is 0 Å². The summed E-state index contributed by atoms with van der Waals surface area (Å²) in [5.74, 6) is 0.785. The minimum atomic E-state index is 0.489. The standard InChI is InChI=1S/C12H21N5/c1-4-10-11(5-2)15-16-12(14-10)17-7-6-13-9(3)8-17/h9,13H,4-8H2,1-3H3. The zero-order chi connectivity index (χ0) is 12.3. The van der Waals surface area contributed by atoms with Crippen molar-refractivity contribution < 1.29 is 0 Å². The molecular weight excluding hydrogens is 214 g/mol. The van der Waals surface area contributed by atoms with Crippen molar-refractivity contribution in [3.63, 3.8) is 0 Å². The first-order chi connectivity index (χ1) is 8.24. The highest BCUT2D eigenvalue weighted by Crippen LogP contribution is 2.12. The van der Waals surface area contributed by atoms with Gasteiger partial charge in [-0.3, -0.25) is 0 Å². The molecule has 1 aromatic rings. The van der Waals surface area contributed by atoms with Gasteiger partial charge in [-0.15, -0.1) is 5.10 Å². The molecule has 5 nitrogen and oxygen atoms in total. The number of rotatable bonds is 3. The zero-order valence-corrected chi connectivity index (χ0v) is 10.9. The van der Waals surface area contributed by atoms with E-state index in [2.05, 4.69) is 46.2 Å². The van der Waals surface area contributed by atoms with Crippen LogP contribution in [0.5, 0.6) is 0 Å². The molecule has 1 unspecified atom stereocenters. The van der Waals surface area contributed by atoms with E-state index in [0.29, 0.717) is 6.04 Å². The smallest absolute Gasteiger partial charge is 0.245 e. The maximum atomic E-state index is 4.64. The van der Waals surface area contributed by atoms with Gasteiger partial charge in [0.2, 0.25) is 5.95 Å². The predicted molar refractivity (Wildman–Crippen MR) is 68.3 cm³/mol. The van der Waals surface area contributed by atoms with Crippen molar-refractivity contribution in [2.75, 3.05) is 24.5 Å². The van der Waals surface area contributed by atoms with Crippen LogP contribution in [-0.4, -0.2) is 40.9 Å². The average Bonchev–Trinajstić information content (AvgIpc) is 2.38. The van der Waals surface area contributed by atoms with Gasteiger partial charge in [-0.05, 0) is 19.8 Å². The van der Waals surface area contributed by atoms with Gasteiger partial charge in [-0.2, -0.15) is 5.10 Å². The van der Waals surface area contributed by atoms with Crippen molar-refractivity contribution in [1.29, 1.82) is 0 Å². The monoisotopic (exact) mass is 235 g/mol. The Morgan fingerprint density at radius 1 is 1.24 bits per heavy atom. The van der Waals surface area contributed by atoms with Gasteiger partial charge in [0.15, 0.2) is 0 Å². The summed E-state index contributed by atoms with van der Waals surface area (Å²) in [6.07, 6.45) is 1.83. The Morgan fingerprint density at radius 3 is 2.65 bits per heavy atom. The van der Waals surface area contributed by atoms with Crippen molar-refractivity contribution in [1.82, 2.24) is 20.5 Å². The van der Waals surface area contributed by atoms with Crippen LogP contribution in [0.1, 0.15) is 32.2 Å². The predicted octanol–water partition coefficient (Wildman–Crippen LogP) is 0.794. The van der Waals surface area contributed by atoms with Gasteiger partial charge < -0.3 is 10.2 Å². The summed E-state index contributed by atoms with van der Waals surface area (Å²) >= 11 is 0. The number of hydrogen-bond donors (Lipinski definition) is 1. The van der Waals surface area contributed by atoms with Crippen molar-refractivity contribution in [2.24, 2.45) is 0 Å². The highest BCUT2D eigenvalue weighted by molar-refractivity contribution is 5.31. The molecule has 1 atom stereocenters. The molecule has 1 N–H and O–H groups in total. The lowest BCUT2D eigenvalue weighted by Gasteiger charge is -2.31. The normalized spacial score (nSPS) is 20.6. The Labute approximate surface area is 103 Å². The van der Waals surface area contributed by atoms with Crippen LogP contribution in [0.15, 0.2) is 0 Å². The number of nitrogens with zero attached hydrogens (tertiary/aromatic N) is 4. The summed E-state index contributed by atoms with van der Waals surface area (Å²) < 4.78 is 0. The van der Waals surface area contributed by atoms with Gasteiger partial charge >= 0.3 is 0 Å². The molecule has 2 heterocycles. The molecule has 5 heteroatoms. The molecule has 1 aliphatic heterocycles. The molecule has 0 spiro atoms. The van der Waals surface area contributed by atoms with Crippen LogP contribution < -0.4 is 10.2 Å². The Kier molecular flexibility index (Phi) is 3.89. The molecule has 0 bridgehead atoms. The quantitative estimate of drug-likeness (QED) is 0.839. The first-order valence-electron chi connectivity index (χ1n) is 6.45.